The molecule has 0 unspecified atom stereocenters. The molecule has 0 saturated carbocycles. The molecule has 118 valence electrons. The van der Waals surface area contributed by atoms with Gasteiger partial charge >= 0.3 is 6.09 Å². The van der Waals surface area contributed by atoms with E-state index in [1.165, 1.54) is 0 Å². The zero-order valence-electron chi connectivity index (χ0n) is 12.3. The van der Waals surface area contributed by atoms with Crippen LogP contribution in [0.1, 0.15) is 6.42 Å². The minimum atomic E-state index is -0.565. The van der Waals surface area contributed by atoms with Gasteiger partial charge in [-0.2, -0.15) is 0 Å². The van der Waals surface area contributed by atoms with Gasteiger partial charge in [0.15, 0.2) is 5.76 Å². The van der Waals surface area contributed by atoms with Crippen molar-refractivity contribution in [1.82, 2.24) is 25.0 Å². The van der Waals surface area contributed by atoms with E-state index in [1.807, 2.05) is 10.8 Å². The van der Waals surface area contributed by atoms with Crippen LogP contribution in [0.15, 0.2) is 53.8 Å². The number of carbonyl (C=O) groups is 1. The summed E-state index contributed by atoms with van der Waals surface area (Å²) in [7, 11) is 0. The van der Waals surface area contributed by atoms with Crippen molar-refractivity contribution >= 4 is 6.09 Å². The largest absolute Gasteiger partial charge is 0.414 e. The third-order valence-electron chi connectivity index (χ3n) is 3.07. The molecule has 0 spiro atoms. The van der Waals surface area contributed by atoms with E-state index in [4.69, 9.17) is 9.26 Å². The van der Waals surface area contributed by atoms with Crippen molar-refractivity contribution in [2.75, 3.05) is 6.54 Å². The van der Waals surface area contributed by atoms with E-state index in [2.05, 4.69) is 20.4 Å². The Bertz CT molecular complexity index is 740. The van der Waals surface area contributed by atoms with E-state index in [9.17, 15) is 4.79 Å². The molecule has 3 aromatic heterocycles. The maximum atomic E-state index is 11.7. The van der Waals surface area contributed by atoms with Gasteiger partial charge in [-0.15, -0.1) is 0 Å². The number of amides is 1. The number of carbonyl (C=O) groups excluding carboxylic acids is 1. The van der Waals surface area contributed by atoms with Gasteiger partial charge in [0.2, 0.25) is 0 Å². The van der Waals surface area contributed by atoms with Crippen molar-refractivity contribution in [3.05, 3.63) is 49.3 Å². The van der Waals surface area contributed by atoms with Gasteiger partial charge in [0.05, 0.1) is 12.4 Å². The van der Waals surface area contributed by atoms with Crippen molar-refractivity contribution in [3.8, 4) is 17.2 Å². The zero-order valence-corrected chi connectivity index (χ0v) is 12.3. The first-order valence-electron chi connectivity index (χ1n) is 7.10. The van der Waals surface area contributed by atoms with Gasteiger partial charge in [-0.3, -0.25) is 4.98 Å². The molecule has 8 nitrogen and oxygen atoms in total. The number of aromatic nitrogens is 4. The van der Waals surface area contributed by atoms with Gasteiger partial charge in [-0.25, -0.2) is 9.78 Å². The molecule has 0 bridgehead atoms. The number of hydrogen-bond acceptors (Lipinski definition) is 6. The highest BCUT2D eigenvalue weighted by Crippen LogP contribution is 2.22. The fourth-order valence-corrected chi connectivity index (χ4v) is 1.96. The number of nitrogens with zero attached hydrogens (tertiary/aromatic N) is 4. The average Bonchev–Trinajstić information content (AvgIpc) is 3.24. The summed E-state index contributed by atoms with van der Waals surface area (Å²) in [5, 5.41) is 6.37. The maximum Gasteiger partial charge on any atom is 0.414 e. The van der Waals surface area contributed by atoms with Crippen LogP contribution in [0.2, 0.25) is 0 Å². The lowest BCUT2D eigenvalue weighted by Crippen LogP contribution is -2.28. The van der Waals surface area contributed by atoms with Crippen LogP contribution in [0.3, 0.4) is 0 Å². The number of ether oxygens (including phenoxy) is 1. The van der Waals surface area contributed by atoms with E-state index in [1.54, 1.807) is 43.1 Å². The van der Waals surface area contributed by atoms with Gasteiger partial charge in [0, 0.05) is 43.4 Å². The maximum absolute atomic E-state index is 11.7. The Kier molecular flexibility index (Phi) is 4.63. The molecule has 0 radical (unpaired) electrons. The minimum absolute atomic E-state index is 0.115. The van der Waals surface area contributed by atoms with Gasteiger partial charge < -0.3 is 19.1 Å². The summed E-state index contributed by atoms with van der Waals surface area (Å²) < 4.78 is 12.1. The molecule has 0 aliphatic carbocycles. The fourth-order valence-electron chi connectivity index (χ4n) is 1.96. The van der Waals surface area contributed by atoms with E-state index < -0.39 is 6.09 Å². The van der Waals surface area contributed by atoms with Crippen molar-refractivity contribution in [1.29, 1.82) is 0 Å². The zero-order chi connectivity index (χ0) is 15.9. The fraction of sp³-hybridized carbons (Fsp3) is 0.200. The molecule has 3 aromatic rings. The third-order valence-corrected chi connectivity index (χ3v) is 3.07. The van der Waals surface area contributed by atoms with Crippen LogP contribution in [0.5, 0.6) is 5.88 Å². The minimum Gasteiger partial charge on any atom is -0.388 e. The summed E-state index contributed by atoms with van der Waals surface area (Å²) in [6.45, 7) is 1.27. The molecular formula is C15H15N5O3. The highest BCUT2D eigenvalue weighted by molar-refractivity contribution is 5.70. The quantitative estimate of drug-likeness (QED) is 0.700. The Morgan fingerprint density at radius 3 is 2.91 bits per heavy atom. The first-order chi connectivity index (χ1) is 11.3. The lowest BCUT2D eigenvalue weighted by molar-refractivity contribution is 0.195. The molecule has 23 heavy (non-hydrogen) atoms. The summed E-state index contributed by atoms with van der Waals surface area (Å²) in [5.74, 6) is 0.624. The summed E-state index contributed by atoms with van der Waals surface area (Å²) in [6.07, 6.45) is 8.81. The summed E-state index contributed by atoms with van der Waals surface area (Å²) in [4.78, 5) is 19.5. The monoisotopic (exact) mass is 313 g/mol. The Hall–Kier alpha value is -3.16. The molecule has 3 rings (SSSR count). The summed E-state index contributed by atoms with van der Waals surface area (Å²) in [5.41, 5.74) is 0.808. The van der Waals surface area contributed by atoms with Crippen molar-refractivity contribution in [2.24, 2.45) is 0 Å². The molecule has 3 heterocycles. The normalized spacial score (nSPS) is 10.4. The average molecular weight is 313 g/mol. The SMILES string of the molecule is O=C(NCCCn1ccnc1)Oc1cc(-c2ccncc2)on1. The predicted octanol–water partition coefficient (Wildman–Crippen LogP) is 2.11. The van der Waals surface area contributed by atoms with Crippen LogP contribution in [0.4, 0.5) is 4.79 Å². The van der Waals surface area contributed by atoms with Crippen LogP contribution in [0.25, 0.3) is 11.3 Å². The number of rotatable bonds is 6. The molecule has 0 aliphatic rings. The molecular weight excluding hydrogens is 298 g/mol. The standard InChI is InChI=1S/C15H15N5O3/c21-15(18-4-1-8-20-9-7-17-11-20)22-14-10-13(23-19-14)12-2-5-16-6-3-12/h2-3,5-7,9-11H,1,4,8H2,(H,18,21). The molecule has 1 N–H and O–H groups in total. The Morgan fingerprint density at radius 2 is 2.13 bits per heavy atom. The van der Waals surface area contributed by atoms with Crippen molar-refractivity contribution < 1.29 is 14.1 Å². The summed E-state index contributed by atoms with van der Waals surface area (Å²) in [6, 6.07) is 5.11. The van der Waals surface area contributed by atoms with Crippen LogP contribution in [-0.2, 0) is 6.54 Å². The second-order valence-electron chi connectivity index (χ2n) is 4.74. The Morgan fingerprint density at radius 1 is 1.26 bits per heavy atom. The first-order valence-corrected chi connectivity index (χ1v) is 7.10. The number of hydrogen-bond donors (Lipinski definition) is 1. The van der Waals surface area contributed by atoms with Crippen molar-refractivity contribution in [2.45, 2.75) is 13.0 Å². The molecule has 8 heteroatoms. The third kappa shape index (κ3) is 4.16. The molecule has 1 amide bonds. The van der Waals surface area contributed by atoms with E-state index >= 15 is 0 Å². The molecule has 0 atom stereocenters. The smallest absolute Gasteiger partial charge is 0.388 e. The Labute approximate surface area is 132 Å². The summed E-state index contributed by atoms with van der Waals surface area (Å²) >= 11 is 0. The van der Waals surface area contributed by atoms with Gasteiger partial charge in [-0.1, -0.05) is 0 Å². The van der Waals surface area contributed by atoms with Crippen LogP contribution >= 0.6 is 0 Å². The highest BCUT2D eigenvalue weighted by Gasteiger charge is 2.11. The number of imidazole rings is 1. The molecule has 0 aliphatic heterocycles. The number of aryl methyl sites for hydroxylation is 1. The van der Waals surface area contributed by atoms with Crippen LogP contribution < -0.4 is 10.1 Å². The number of pyridine rings is 1. The van der Waals surface area contributed by atoms with Crippen molar-refractivity contribution in [3.63, 3.8) is 0 Å². The topological polar surface area (TPSA) is 95.1 Å². The second kappa shape index (κ2) is 7.21. The van der Waals surface area contributed by atoms with Gasteiger partial charge in [-0.05, 0) is 23.7 Å². The van der Waals surface area contributed by atoms with Gasteiger partial charge in [0.1, 0.15) is 0 Å². The molecule has 0 aromatic carbocycles. The van der Waals surface area contributed by atoms with Crippen LogP contribution in [0, 0.1) is 0 Å². The Balaban J connectivity index is 1.44. The molecule has 0 saturated heterocycles. The van der Waals surface area contributed by atoms with E-state index in [0.717, 1.165) is 18.5 Å². The lowest BCUT2D eigenvalue weighted by Gasteiger charge is -2.04. The predicted molar refractivity (Wildman–Crippen MR) is 80.6 cm³/mol. The second-order valence-corrected chi connectivity index (χ2v) is 4.74. The lowest BCUT2D eigenvalue weighted by atomic mass is 10.2. The first kappa shape index (κ1) is 14.8. The molecule has 0 fully saturated rings. The highest BCUT2D eigenvalue weighted by atomic mass is 16.6. The van der Waals surface area contributed by atoms with Crippen LogP contribution in [-0.4, -0.2) is 32.3 Å². The van der Waals surface area contributed by atoms with E-state index in [0.29, 0.717) is 12.3 Å². The number of nitrogens with one attached hydrogen (secondary N) is 1. The van der Waals surface area contributed by atoms with E-state index in [-0.39, 0.29) is 5.88 Å². The van der Waals surface area contributed by atoms with Gasteiger partial charge in [0.25, 0.3) is 5.88 Å².